The molecule has 0 aromatic heterocycles. The van der Waals surface area contributed by atoms with Crippen molar-refractivity contribution in [3.63, 3.8) is 0 Å². The van der Waals surface area contributed by atoms with Crippen LogP contribution in [0.4, 0.5) is 4.39 Å². The molecule has 0 aliphatic heterocycles. The minimum absolute atomic E-state index is 0.124. The number of ketones is 1. The molecule has 3 nitrogen and oxygen atoms in total. The number of hydrogen-bond acceptors (Lipinski definition) is 3. The normalized spacial score (nSPS) is 10.6. The zero-order valence-electron chi connectivity index (χ0n) is 10.3. The quantitative estimate of drug-likeness (QED) is 0.566. The van der Waals surface area contributed by atoms with Gasteiger partial charge in [-0.05, 0) is 32.9 Å². The molecule has 0 atom stereocenters. The number of rotatable bonds is 6. The van der Waals surface area contributed by atoms with Gasteiger partial charge in [-0.3, -0.25) is 4.79 Å². The topological polar surface area (TPSA) is 35.5 Å². The first-order chi connectivity index (χ1) is 8.00. The molecule has 0 unspecified atom stereocenters. The van der Waals surface area contributed by atoms with Crippen molar-refractivity contribution in [2.75, 3.05) is 13.2 Å². The molecule has 0 radical (unpaired) electrons. The van der Waals surface area contributed by atoms with Gasteiger partial charge in [0.15, 0.2) is 5.78 Å². The second-order valence-corrected chi connectivity index (χ2v) is 3.96. The molecule has 0 aliphatic rings. The highest BCUT2D eigenvalue weighted by atomic mass is 19.1. The van der Waals surface area contributed by atoms with E-state index in [1.165, 1.54) is 25.1 Å². The van der Waals surface area contributed by atoms with Crippen LogP contribution in [0.2, 0.25) is 0 Å². The third-order valence-corrected chi connectivity index (χ3v) is 2.12. The van der Waals surface area contributed by atoms with E-state index in [9.17, 15) is 9.18 Å². The highest BCUT2D eigenvalue weighted by molar-refractivity contribution is 5.96. The molecule has 4 heteroatoms. The summed E-state index contributed by atoms with van der Waals surface area (Å²) in [5.74, 6) is -0.301. The summed E-state index contributed by atoms with van der Waals surface area (Å²) in [6.45, 7) is 5.96. The van der Waals surface area contributed by atoms with Gasteiger partial charge < -0.3 is 9.47 Å². The Kier molecular flexibility index (Phi) is 5.10. The smallest absolute Gasteiger partial charge is 0.163 e. The van der Waals surface area contributed by atoms with Crippen molar-refractivity contribution in [3.8, 4) is 5.75 Å². The lowest BCUT2D eigenvalue weighted by atomic mass is 10.1. The maximum atomic E-state index is 13.0. The van der Waals surface area contributed by atoms with Crippen LogP contribution < -0.4 is 4.74 Å². The van der Waals surface area contributed by atoms with Crippen molar-refractivity contribution in [2.24, 2.45) is 0 Å². The first-order valence-electron chi connectivity index (χ1n) is 5.55. The number of Topliss-reactive ketones (excluding diaryl/α,β-unsaturated/α-hetero) is 1. The van der Waals surface area contributed by atoms with E-state index < -0.39 is 5.82 Å². The molecule has 1 rings (SSSR count). The lowest BCUT2D eigenvalue weighted by molar-refractivity contribution is 0.0548. The second-order valence-electron chi connectivity index (χ2n) is 3.96. The molecule has 94 valence electrons. The zero-order chi connectivity index (χ0) is 12.8. The summed E-state index contributed by atoms with van der Waals surface area (Å²) in [6, 6.07) is 3.89. The van der Waals surface area contributed by atoms with Crippen LogP contribution in [0.3, 0.4) is 0 Å². The molecule has 1 aromatic carbocycles. The molecule has 0 N–H and O–H groups in total. The van der Waals surface area contributed by atoms with E-state index in [1.807, 2.05) is 13.8 Å². The molecular weight excluding hydrogens is 223 g/mol. The van der Waals surface area contributed by atoms with Gasteiger partial charge in [-0.25, -0.2) is 4.39 Å². The van der Waals surface area contributed by atoms with Crippen LogP contribution in [0.5, 0.6) is 5.75 Å². The van der Waals surface area contributed by atoms with E-state index in [4.69, 9.17) is 9.47 Å². The standard InChI is InChI=1S/C13H17FO3/c1-9(2)16-6-7-17-13-8-11(14)4-5-12(13)10(3)15/h4-5,8-9H,6-7H2,1-3H3. The van der Waals surface area contributed by atoms with Crippen LogP contribution in [-0.4, -0.2) is 25.1 Å². The third-order valence-electron chi connectivity index (χ3n) is 2.12. The summed E-state index contributed by atoms with van der Waals surface area (Å²) in [5.41, 5.74) is 0.385. The number of halogens is 1. The fourth-order valence-corrected chi connectivity index (χ4v) is 1.34. The summed E-state index contributed by atoms with van der Waals surface area (Å²) in [6.07, 6.45) is 0.124. The number of hydrogen-bond donors (Lipinski definition) is 0. The highest BCUT2D eigenvalue weighted by Crippen LogP contribution is 2.20. The molecular formula is C13H17FO3. The summed E-state index contributed by atoms with van der Waals surface area (Å²) < 4.78 is 23.7. The van der Waals surface area contributed by atoms with Crippen LogP contribution in [-0.2, 0) is 4.74 Å². The van der Waals surface area contributed by atoms with E-state index in [1.54, 1.807) is 0 Å². The Morgan fingerprint density at radius 3 is 2.65 bits per heavy atom. The lowest BCUT2D eigenvalue weighted by Crippen LogP contribution is -2.12. The first kappa shape index (κ1) is 13.6. The van der Waals surface area contributed by atoms with Crippen molar-refractivity contribution in [2.45, 2.75) is 26.9 Å². The van der Waals surface area contributed by atoms with Gasteiger partial charge in [-0.2, -0.15) is 0 Å². The monoisotopic (exact) mass is 240 g/mol. The average Bonchev–Trinajstić information content (AvgIpc) is 2.23. The number of carbonyl (C=O) groups is 1. The average molecular weight is 240 g/mol. The van der Waals surface area contributed by atoms with Crippen LogP contribution in [0.25, 0.3) is 0 Å². The van der Waals surface area contributed by atoms with Gasteiger partial charge in [0.2, 0.25) is 0 Å². The minimum atomic E-state index is -0.422. The predicted octanol–water partition coefficient (Wildman–Crippen LogP) is 2.83. The fourth-order valence-electron chi connectivity index (χ4n) is 1.34. The maximum Gasteiger partial charge on any atom is 0.163 e. The summed E-state index contributed by atoms with van der Waals surface area (Å²) in [5, 5.41) is 0. The number of benzene rings is 1. The van der Waals surface area contributed by atoms with E-state index >= 15 is 0 Å². The van der Waals surface area contributed by atoms with Crippen LogP contribution in [0, 0.1) is 5.82 Å². The Hall–Kier alpha value is -1.42. The SMILES string of the molecule is CC(=O)c1ccc(F)cc1OCCOC(C)C. The predicted molar refractivity (Wildman–Crippen MR) is 63.0 cm³/mol. The Morgan fingerprint density at radius 2 is 2.06 bits per heavy atom. The highest BCUT2D eigenvalue weighted by Gasteiger charge is 2.09. The molecule has 0 aliphatic carbocycles. The number of ether oxygens (including phenoxy) is 2. The van der Waals surface area contributed by atoms with E-state index in [0.717, 1.165) is 0 Å². The molecule has 0 saturated carbocycles. The Morgan fingerprint density at radius 1 is 1.35 bits per heavy atom. The van der Waals surface area contributed by atoms with Gasteiger partial charge in [0.05, 0.1) is 18.3 Å². The Labute approximate surface area is 101 Å². The molecule has 0 spiro atoms. The Bertz CT molecular complexity index is 388. The molecule has 0 bridgehead atoms. The lowest BCUT2D eigenvalue weighted by Gasteiger charge is -2.11. The summed E-state index contributed by atoms with van der Waals surface area (Å²) in [4.78, 5) is 11.3. The second kappa shape index (κ2) is 6.35. The zero-order valence-corrected chi connectivity index (χ0v) is 10.3. The van der Waals surface area contributed by atoms with Gasteiger partial charge in [-0.15, -0.1) is 0 Å². The summed E-state index contributed by atoms with van der Waals surface area (Å²) >= 11 is 0. The van der Waals surface area contributed by atoms with Crippen molar-refractivity contribution >= 4 is 5.78 Å². The van der Waals surface area contributed by atoms with Crippen LogP contribution >= 0.6 is 0 Å². The molecule has 0 heterocycles. The fraction of sp³-hybridized carbons (Fsp3) is 0.462. The van der Waals surface area contributed by atoms with E-state index in [-0.39, 0.29) is 17.6 Å². The van der Waals surface area contributed by atoms with Gasteiger partial charge in [-0.1, -0.05) is 0 Å². The molecule has 0 amide bonds. The van der Waals surface area contributed by atoms with Crippen molar-refractivity contribution < 1.29 is 18.7 Å². The molecule has 0 saturated heterocycles. The van der Waals surface area contributed by atoms with E-state index in [0.29, 0.717) is 18.8 Å². The van der Waals surface area contributed by atoms with Gasteiger partial charge in [0.1, 0.15) is 18.2 Å². The van der Waals surface area contributed by atoms with Crippen molar-refractivity contribution in [1.82, 2.24) is 0 Å². The third kappa shape index (κ3) is 4.53. The largest absolute Gasteiger partial charge is 0.490 e. The minimum Gasteiger partial charge on any atom is -0.490 e. The van der Waals surface area contributed by atoms with Crippen molar-refractivity contribution in [3.05, 3.63) is 29.6 Å². The summed E-state index contributed by atoms with van der Waals surface area (Å²) in [7, 11) is 0. The van der Waals surface area contributed by atoms with Gasteiger partial charge in [0.25, 0.3) is 0 Å². The van der Waals surface area contributed by atoms with Gasteiger partial charge in [0, 0.05) is 6.07 Å². The Balaban J connectivity index is 2.62. The van der Waals surface area contributed by atoms with Gasteiger partial charge >= 0.3 is 0 Å². The molecule has 17 heavy (non-hydrogen) atoms. The molecule has 1 aromatic rings. The number of carbonyl (C=O) groups excluding carboxylic acids is 1. The maximum absolute atomic E-state index is 13.0. The van der Waals surface area contributed by atoms with Crippen LogP contribution in [0.15, 0.2) is 18.2 Å². The van der Waals surface area contributed by atoms with E-state index in [2.05, 4.69) is 0 Å². The first-order valence-corrected chi connectivity index (χ1v) is 5.55. The van der Waals surface area contributed by atoms with Crippen LogP contribution in [0.1, 0.15) is 31.1 Å². The van der Waals surface area contributed by atoms with Crippen molar-refractivity contribution in [1.29, 1.82) is 0 Å². The molecule has 0 fully saturated rings.